The zero-order chi connectivity index (χ0) is 17.6. The van der Waals surface area contributed by atoms with Gasteiger partial charge < -0.3 is 16.0 Å². The van der Waals surface area contributed by atoms with Crippen LogP contribution in [0.5, 0.6) is 0 Å². The Morgan fingerprint density at radius 3 is 2.65 bits per heavy atom. The van der Waals surface area contributed by atoms with Crippen molar-refractivity contribution >= 4 is 22.3 Å². The molecule has 3 N–H and O–H groups in total. The quantitative estimate of drug-likeness (QED) is 0.648. The molecule has 0 amide bonds. The van der Waals surface area contributed by atoms with Crippen molar-refractivity contribution in [2.24, 2.45) is 5.92 Å². The van der Waals surface area contributed by atoms with E-state index in [1.165, 1.54) is 11.1 Å². The Kier molecular flexibility index (Phi) is 5.54. The third-order valence-electron chi connectivity index (χ3n) is 4.49. The first-order valence-electron chi connectivity index (χ1n) is 9.01. The van der Waals surface area contributed by atoms with Crippen molar-refractivity contribution in [1.82, 2.24) is 20.6 Å². The molecule has 0 saturated carbocycles. The van der Waals surface area contributed by atoms with Crippen molar-refractivity contribution in [3.05, 3.63) is 60.4 Å². The largest absolute Gasteiger partial charge is 0.316 e. The number of rotatable bonds is 5. The van der Waals surface area contributed by atoms with E-state index in [1.54, 1.807) is 11.3 Å². The molecule has 4 rings (SSSR count). The lowest BCUT2D eigenvalue weighted by molar-refractivity contribution is 0.497. The van der Waals surface area contributed by atoms with E-state index >= 15 is 0 Å². The molecule has 0 aliphatic carbocycles. The number of aromatic nitrogens is 2. The fourth-order valence-electron chi connectivity index (χ4n) is 3.19. The second kappa shape index (κ2) is 8.40. The van der Waals surface area contributed by atoms with E-state index < -0.39 is 0 Å². The van der Waals surface area contributed by atoms with E-state index in [1.807, 2.05) is 30.6 Å². The third kappa shape index (κ3) is 4.46. The van der Waals surface area contributed by atoms with Crippen LogP contribution in [-0.4, -0.2) is 36.1 Å². The molecule has 3 aromatic rings. The number of benzene rings is 1. The van der Waals surface area contributed by atoms with Gasteiger partial charge in [0.25, 0.3) is 0 Å². The lowest BCUT2D eigenvalue weighted by Gasteiger charge is -2.14. The number of hydrogen-bond acceptors (Lipinski definition) is 6. The minimum Gasteiger partial charge on any atom is -0.316 e. The molecule has 3 heterocycles. The highest BCUT2D eigenvalue weighted by atomic mass is 32.1. The summed E-state index contributed by atoms with van der Waals surface area (Å²) in [7, 11) is 0. The van der Waals surface area contributed by atoms with E-state index in [9.17, 15) is 0 Å². The van der Waals surface area contributed by atoms with Crippen LogP contribution in [0.2, 0.25) is 0 Å². The van der Waals surface area contributed by atoms with Gasteiger partial charge in [0.15, 0.2) is 5.13 Å². The van der Waals surface area contributed by atoms with E-state index in [-0.39, 0.29) is 0 Å². The van der Waals surface area contributed by atoms with E-state index in [4.69, 9.17) is 0 Å². The number of nitrogens with zero attached hydrogens (tertiary/aromatic N) is 2. The summed E-state index contributed by atoms with van der Waals surface area (Å²) in [6, 6.07) is 14.6. The summed E-state index contributed by atoms with van der Waals surface area (Å²) in [6.45, 7) is 4.22. The van der Waals surface area contributed by atoms with Crippen molar-refractivity contribution in [2.75, 3.05) is 31.5 Å². The Balaban J connectivity index is 1.43. The molecule has 1 aliphatic rings. The molecule has 0 atom stereocenters. The Labute approximate surface area is 157 Å². The summed E-state index contributed by atoms with van der Waals surface area (Å²) >= 11 is 1.64. The second-order valence-corrected chi connectivity index (χ2v) is 7.58. The highest BCUT2D eigenvalue weighted by Gasteiger charge is 2.13. The minimum atomic E-state index is 0.609. The zero-order valence-corrected chi connectivity index (χ0v) is 15.4. The van der Waals surface area contributed by atoms with Crippen LogP contribution in [0.4, 0.5) is 10.9 Å². The monoisotopic (exact) mass is 365 g/mol. The molecular weight excluding hydrogens is 342 g/mol. The highest BCUT2D eigenvalue weighted by Crippen LogP contribution is 2.30. The molecule has 0 spiro atoms. The lowest BCUT2D eigenvalue weighted by atomic mass is 10.00. The van der Waals surface area contributed by atoms with Crippen molar-refractivity contribution in [2.45, 2.75) is 6.42 Å². The molecule has 5 nitrogen and oxygen atoms in total. The smallest absolute Gasteiger partial charge is 0.188 e. The van der Waals surface area contributed by atoms with Crippen molar-refractivity contribution < 1.29 is 0 Å². The molecule has 26 heavy (non-hydrogen) atoms. The molecule has 0 unspecified atom stereocenters. The first kappa shape index (κ1) is 17.1. The maximum Gasteiger partial charge on any atom is 0.188 e. The van der Waals surface area contributed by atoms with Crippen molar-refractivity contribution in [3.63, 3.8) is 0 Å². The summed E-state index contributed by atoms with van der Waals surface area (Å²) in [4.78, 5) is 10.1. The van der Waals surface area contributed by atoms with Crippen LogP contribution in [-0.2, 0) is 6.42 Å². The van der Waals surface area contributed by atoms with Gasteiger partial charge in [-0.3, -0.25) is 0 Å². The van der Waals surface area contributed by atoms with E-state index in [0.717, 1.165) is 48.4 Å². The van der Waals surface area contributed by atoms with Crippen LogP contribution in [0.15, 0.2) is 54.9 Å². The SMILES string of the molecule is c1ccc(-c2cnc(Nc3cc(CC4CNCCNC4)ccn3)s2)cc1. The Bertz CT molecular complexity index is 825. The molecule has 0 bridgehead atoms. The first-order chi connectivity index (χ1) is 12.9. The van der Waals surface area contributed by atoms with E-state index in [0.29, 0.717) is 5.92 Å². The van der Waals surface area contributed by atoms with Crippen LogP contribution < -0.4 is 16.0 Å². The summed E-state index contributed by atoms with van der Waals surface area (Å²) in [5.41, 5.74) is 2.49. The lowest BCUT2D eigenvalue weighted by Crippen LogP contribution is -2.25. The molecular formula is C20H23N5S. The summed E-state index contributed by atoms with van der Waals surface area (Å²) in [5, 5.41) is 11.2. The van der Waals surface area contributed by atoms with Gasteiger partial charge in [0.05, 0.1) is 4.88 Å². The van der Waals surface area contributed by atoms with Gasteiger partial charge in [0.2, 0.25) is 0 Å². The average Bonchev–Trinajstić information content (AvgIpc) is 2.98. The predicted octanol–water partition coefficient (Wildman–Crippen LogP) is 3.30. The Morgan fingerprint density at radius 1 is 1.04 bits per heavy atom. The molecule has 6 heteroatoms. The Morgan fingerprint density at radius 2 is 1.85 bits per heavy atom. The standard InChI is InChI=1S/C20H23N5S/c1-2-4-17(5-3-1)18-14-24-20(26-18)25-19-11-15(6-7-23-19)10-16-12-21-8-9-22-13-16/h1-7,11,14,16,21-22H,8-10,12-13H2,(H,23,24,25). The first-order valence-corrected chi connectivity index (χ1v) is 9.83. The number of nitrogens with one attached hydrogen (secondary N) is 3. The average molecular weight is 366 g/mol. The van der Waals surface area contributed by atoms with Gasteiger partial charge in [0, 0.05) is 25.5 Å². The Hall–Kier alpha value is -2.28. The number of thiazole rings is 1. The molecule has 0 radical (unpaired) electrons. The number of hydrogen-bond donors (Lipinski definition) is 3. The van der Waals surface area contributed by atoms with E-state index in [2.05, 4.69) is 50.2 Å². The van der Waals surface area contributed by atoms with Crippen LogP contribution in [0.25, 0.3) is 10.4 Å². The normalized spacial score (nSPS) is 15.5. The van der Waals surface area contributed by atoms with Gasteiger partial charge in [-0.1, -0.05) is 41.7 Å². The fourth-order valence-corrected chi connectivity index (χ4v) is 4.01. The molecule has 1 aliphatic heterocycles. The van der Waals surface area contributed by atoms with Crippen molar-refractivity contribution in [1.29, 1.82) is 0 Å². The molecule has 1 fully saturated rings. The zero-order valence-electron chi connectivity index (χ0n) is 14.6. The summed E-state index contributed by atoms with van der Waals surface area (Å²) < 4.78 is 0. The van der Waals surface area contributed by atoms with Crippen molar-refractivity contribution in [3.8, 4) is 10.4 Å². The van der Waals surface area contributed by atoms with Crippen LogP contribution in [0.1, 0.15) is 5.56 Å². The van der Waals surface area contributed by atoms with Gasteiger partial charge in [-0.25, -0.2) is 9.97 Å². The molecule has 1 aromatic carbocycles. The summed E-state index contributed by atoms with van der Waals surface area (Å²) in [5.74, 6) is 1.46. The molecule has 2 aromatic heterocycles. The van der Waals surface area contributed by atoms with Gasteiger partial charge in [-0.05, 0) is 48.7 Å². The second-order valence-electron chi connectivity index (χ2n) is 6.55. The van der Waals surface area contributed by atoms with Crippen LogP contribution in [0.3, 0.4) is 0 Å². The number of pyridine rings is 1. The maximum absolute atomic E-state index is 4.49. The van der Waals surface area contributed by atoms with Gasteiger partial charge in [-0.2, -0.15) is 0 Å². The molecule has 1 saturated heterocycles. The molecule has 134 valence electrons. The third-order valence-corrected chi connectivity index (χ3v) is 5.45. The highest BCUT2D eigenvalue weighted by molar-refractivity contribution is 7.18. The topological polar surface area (TPSA) is 61.9 Å². The maximum atomic E-state index is 4.49. The van der Waals surface area contributed by atoms with Crippen LogP contribution >= 0.6 is 11.3 Å². The summed E-state index contributed by atoms with van der Waals surface area (Å²) in [6.07, 6.45) is 4.83. The van der Waals surface area contributed by atoms with Crippen LogP contribution in [0, 0.1) is 5.92 Å². The van der Waals surface area contributed by atoms with Gasteiger partial charge in [-0.15, -0.1) is 0 Å². The minimum absolute atomic E-state index is 0.609. The van der Waals surface area contributed by atoms with Gasteiger partial charge >= 0.3 is 0 Å². The van der Waals surface area contributed by atoms with Gasteiger partial charge in [0.1, 0.15) is 5.82 Å². The number of anilines is 2. The fraction of sp³-hybridized carbons (Fsp3) is 0.300. The predicted molar refractivity (Wildman–Crippen MR) is 108 cm³/mol.